The highest BCUT2D eigenvalue weighted by molar-refractivity contribution is 5.90. The van der Waals surface area contributed by atoms with Crippen LogP contribution in [0.3, 0.4) is 0 Å². The molecule has 1 aromatic carbocycles. The summed E-state index contributed by atoms with van der Waals surface area (Å²) in [5.41, 5.74) is 2.27. The fraction of sp³-hybridized carbons (Fsp3) is 0.588. The van der Waals surface area contributed by atoms with Gasteiger partial charge in [0.2, 0.25) is 5.91 Å². The molecule has 0 spiro atoms. The minimum Gasteiger partial charge on any atom is -0.326 e. The Hall–Kier alpha value is -1.35. The van der Waals surface area contributed by atoms with Crippen LogP contribution in [0.1, 0.15) is 38.7 Å². The molecule has 0 saturated carbocycles. The average molecular weight is 274 g/mol. The summed E-state index contributed by atoms with van der Waals surface area (Å²) < 4.78 is 0. The predicted molar refractivity (Wildman–Crippen MR) is 83.8 cm³/mol. The number of hydrogen-bond acceptors (Lipinski definition) is 2. The van der Waals surface area contributed by atoms with Crippen LogP contribution in [0.4, 0.5) is 5.69 Å². The molecule has 110 valence electrons. The van der Waals surface area contributed by atoms with E-state index in [0.717, 1.165) is 31.1 Å². The Morgan fingerprint density at radius 3 is 2.70 bits per heavy atom. The van der Waals surface area contributed by atoms with Crippen LogP contribution < -0.4 is 10.6 Å². The van der Waals surface area contributed by atoms with Crippen LogP contribution in [0, 0.1) is 11.8 Å². The van der Waals surface area contributed by atoms with Gasteiger partial charge in [-0.05, 0) is 61.9 Å². The maximum absolute atomic E-state index is 11.7. The number of benzene rings is 1. The molecule has 20 heavy (non-hydrogen) atoms. The molecule has 1 aliphatic heterocycles. The second kappa shape index (κ2) is 7.44. The van der Waals surface area contributed by atoms with Gasteiger partial charge in [0.1, 0.15) is 0 Å². The third kappa shape index (κ3) is 4.97. The first-order valence-electron chi connectivity index (χ1n) is 7.73. The van der Waals surface area contributed by atoms with E-state index >= 15 is 0 Å². The van der Waals surface area contributed by atoms with Gasteiger partial charge in [-0.3, -0.25) is 4.79 Å². The molecule has 0 bridgehead atoms. The lowest BCUT2D eigenvalue weighted by Gasteiger charge is -2.22. The van der Waals surface area contributed by atoms with Gasteiger partial charge in [-0.2, -0.15) is 0 Å². The van der Waals surface area contributed by atoms with E-state index in [1.54, 1.807) is 0 Å². The van der Waals surface area contributed by atoms with Crippen LogP contribution in [0.15, 0.2) is 24.3 Å². The summed E-state index contributed by atoms with van der Waals surface area (Å²) in [6, 6.07) is 8.31. The van der Waals surface area contributed by atoms with Crippen molar-refractivity contribution in [1.29, 1.82) is 0 Å². The number of carbonyl (C=O) groups excluding carboxylic acids is 1. The Balaban J connectivity index is 1.84. The Morgan fingerprint density at radius 2 is 2.10 bits per heavy atom. The number of rotatable bonds is 5. The number of piperidine rings is 1. The first kappa shape index (κ1) is 15.0. The minimum atomic E-state index is 0.101. The zero-order valence-electron chi connectivity index (χ0n) is 12.6. The Kier molecular flexibility index (Phi) is 5.60. The molecule has 0 radical (unpaired) electrons. The quantitative estimate of drug-likeness (QED) is 0.865. The first-order valence-corrected chi connectivity index (χ1v) is 7.73. The summed E-state index contributed by atoms with van der Waals surface area (Å²) in [6.45, 7) is 6.41. The zero-order chi connectivity index (χ0) is 14.4. The van der Waals surface area contributed by atoms with Crippen LogP contribution >= 0.6 is 0 Å². The van der Waals surface area contributed by atoms with E-state index in [-0.39, 0.29) is 5.91 Å². The van der Waals surface area contributed by atoms with Crippen LogP contribution in [0.25, 0.3) is 0 Å². The van der Waals surface area contributed by atoms with Gasteiger partial charge >= 0.3 is 0 Å². The minimum absolute atomic E-state index is 0.101. The van der Waals surface area contributed by atoms with Crippen molar-refractivity contribution in [3.05, 3.63) is 29.8 Å². The monoisotopic (exact) mass is 274 g/mol. The van der Waals surface area contributed by atoms with E-state index in [9.17, 15) is 4.79 Å². The number of amides is 1. The normalized spacial score (nSPS) is 19.1. The van der Waals surface area contributed by atoms with Gasteiger partial charge in [-0.25, -0.2) is 0 Å². The summed E-state index contributed by atoms with van der Waals surface area (Å²) in [6.07, 6.45) is 4.32. The van der Waals surface area contributed by atoms with Crippen molar-refractivity contribution < 1.29 is 4.79 Å². The maximum Gasteiger partial charge on any atom is 0.224 e. The highest BCUT2D eigenvalue weighted by atomic mass is 16.1. The molecule has 1 heterocycles. The summed E-state index contributed by atoms with van der Waals surface area (Å²) in [7, 11) is 0. The predicted octanol–water partition coefficient (Wildman–Crippen LogP) is 3.21. The van der Waals surface area contributed by atoms with Crippen LogP contribution in [-0.2, 0) is 11.2 Å². The standard InChI is InChI=1S/C17H26N2O/c1-13(2)10-17(20)19-16-7-5-14(6-8-16)11-15-4-3-9-18-12-15/h5-8,13,15,18H,3-4,9-12H2,1-2H3,(H,19,20). The third-order valence-electron chi connectivity index (χ3n) is 3.75. The van der Waals surface area contributed by atoms with Crippen molar-refractivity contribution >= 4 is 11.6 Å². The summed E-state index contributed by atoms with van der Waals surface area (Å²) in [4.78, 5) is 11.7. The maximum atomic E-state index is 11.7. The van der Waals surface area contributed by atoms with Gasteiger partial charge in [0.25, 0.3) is 0 Å². The number of nitrogens with one attached hydrogen (secondary N) is 2. The van der Waals surface area contributed by atoms with Gasteiger partial charge in [-0.1, -0.05) is 26.0 Å². The Bertz CT molecular complexity index is 419. The van der Waals surface area contributed by atoms with Crippen LogP contribution in [0.2, 0.25) is 0 Å². The molecule has 1 unspecified atom stereocenters. The van der Waals surface area contributed by atoms with Gasteiger partial charge in [-0.15, -0.1) is 0 Å². The van der Waals surface area contributed by atoms with Crippen molar-refractivity contribution in [2.24, 2.45) is 11.8 Å². The Labute approximate surface area is 122 Å². The lowest BCUT2D eigenvalue weighted by atomic mass is 9.92. The molecule has 1 amide bonds. The zero-order valence-corrected chi connectivity index (χ0v) is 12.6. The molecule has 1 atom stereocenters. The molecule has 0 aliphatic carbocycles. The molecule has 2 rings (SSSR count). The second-order valence-electron chi connectivity index (χ2n) is 6.26. The summed E-state index contributed by atoms with van der Waals surface area (Å²) in [5.74, 6) is 1.25. The van der Waals surface area contributed by atoms with Crippen molar-refractivity contribution in [3.63, 3.8) is 0 Å². The molecule has 0 aromatic heterocycles. The summed E-state index contributed by atoms with van der Waals surface area (Å²) in [5, 5.41) is 6.41. The molecule has 1 aliphatic rings. The molecule has 1 saturated heterocycles. The third-order valence-corrected chi connectivity index (χ3v) is 3.75. The lowest BCUT2D eigenvalue weighted by molar-refractivity contribution is -0.116. The molecule has 2 N–H and O–H groups in total. The van der Waals surface area contributed by atoms with E-state index in [1.165, 1.54) is 18.4 Å². The van der Waals surface area contributed by atoms with E-state index < -0.39 is 0 Å². The van der Waals surface area contributed by atoms with E-state index in [1.807, 2.05) is 12.1 Å². The van der Waals surface area contributed by atoms with Gasteiger partial charge < -0.3 is 10.6 Å². The number of hydrogen-bond donors (Lipinski definition) is 2. The molecular weight excluding hydrogens is 248 g/mol. The lowest BCUT2D eigenvalue weighted by Crippen LogP contribution is -2.30. The van der Waals surface area contributed by atoms with Crippen LogP contribution in [0.5, 0.6) is 0 Å². The molecule has 1 aromatic rings. The fourth-order valence-electron chi connectivity index (χ4n) is 2.74. The first-order chi connectivity index (χ1) is 9.63. The van der Waals surface area contributed by atoms with Gasteiger partial charge in [0.05, 0.1) is 0 Å². The van der Waals surface area contributed by atoms with Gasteiger partial charge in [0, 0.05) is 12.1 Å². The molecule has 3 heteroatoms. The summed E-state index contributed by atoms with van der Waals surface area (Å²) >= 11 is 0. The van der Waals surface area contributed by atoms with Crippen LogP contribution in [-0.4, -0.2) is 19.0 Å². The van der Waals surface area contributed by atoms with Crippen molar-refractivity contribution in [3.8, 4) is 0 Å². The van der Waals surface area contributed by atoms with E-state index in [4.69, 9.17) is 0 Å². The average Bonchev–Trinajstić information content (AvgIpc) is 2.41. The second-order valence-corrected chi connectivity index (χ2v) is 6.26. The SMILES string of the molecule is CC(C)CC(=O)Nc1ccc(CC2CCCNC2)cc1. The highest BCUT2D eigenvalue weighted by Crippen LogP contribution is 2.18. The smallest absolute Gasteiger partial charge is 0.224 e. The van der Waals surface area contributed by atoms with Crippen molar-refractivity contribution in [2.75, 3.05) is 18.4 Å². The number of anilines is 1. The van der Waals surface area contributed by atoms with Crippen molar-refractivity contribution in [2.45, 2.75) is 39.5 Å². The largest absolute Gasteiger partial charge is 0.326 e. The Morgan fingerprint density at radius 1 is 1.35 bits per heavy atom. The van der Waals surface area contributed by atoms with Gasteiger partial charge in [0.15, 0.2) is 0 Å². The molecule has 3 nitrogen and oxygen atoms in total. The topological polar surface area (TPSA) is 41.1 Å². The highest BCUT2D eigenvalue weighted by Gasteiger charge is 2.13. The fourth-order valence-corrected chi connectivity index (χ4v) is 2.74. The van der Waals surface area contributed by atoms with Crippen molar-refractivity contribution in [1.82, 2.24) is 5.32 Å². The van der Waals surface area contributed by atoms with E-state index in [2.05, 4.69) is 36.6 Å². The number of carbonyl (C=O) groups is 1. The molecule has 1 fully saturated rings. The van der Waals surface area contributed by atoms with E-state index in [0.29, 0.717) is 12.3 Å². The molecular formula is C17H26N2O.